The molecule has 0 fully saturated rings. The summed E-state index contributed by atoms with van der Waals surface area (Å²) in [5.41, 5.74) is 3.64. The van der Waals surface area contributed by atoms with Gasteiger partial charge in [0.05, 0.1) is 27.2 Å². The van der Waals surface area contributed by atoms with E-state index in [1.807, 2.05) is 13.8 Å². The fourth-order valence-electron chi connectivity index (χ4n) is 2.53. The van der Waals surface area contributed by atoms with Gasteiger partial charge in [-0.1, -0.05) is 41.4 Å². The predicted molar refractivity (Wildman–Crippen MR) is 102 cm³/mol. The number of nitrogens with zero attached hydrogens (tertiary/aromatic N) is 2. The van der Waals surface area contributed by atoms with Gasteiger partial charge in [0.15, 0.2) is 0 Å². The third-order valence-corrected chi connectivity index (χ3v) is 5.58. The van der Waals surface area contributed by atoms with Crippen LogP contribution in [0.15, 0.2) is 42.7 Å². The molecule has 0 aliphatic heterocycles. The van der Waals surface area contributed by atoms with Gasteiger partial charge in [0.2, 0.25) is 0 Å². The lowest BCUT2D eigenvalue weighted by Crippen LogP contribution is -2.26. The molecule has 0 bridgehead atoms. The average Bonchev–Trinajstić information content (AvgIpc) is 2.97. The van der Waals surface area contributed by atoms with Gasteiger partial charge in [0, 0.05) is 18.0 Å². The number of carbonyl (C=O) groups is 1. The van der Waals surface area contributed by atoms with Crippen molar-refractivity contribution >= 4 is 28.8 Å². The lowest BCUT2D eigenvalue weighted by atomic mass is 10.1. The molecule has 3 rings (SSSR count). The van der Waals surface area contributed by atoms with Crippen LogP contribution in [0.2, 0.25) is 5.02 Å². The summed E-state index contributed by atoms with van der Waals surface area (Å²) in [5, 5.41) is 4.28. The van der Waals surface area contributed by atoms with Crippen molar-refractivity contribution in [2.45, 2.75) is 26.8 Å². The summed E-state index contributed by atoms with van der Waals surface area (Å²) < 4.78 is 0. The molecule has 1 amide bonds. The molecule has 0 saturated carbocycles. The second-order valence-corrected chi connectivity index (χ2v) is 7.32. The van der Waals surface area contributed by atoms with Crippen molar-refractivity contribution in [3.63, 3.8) is 0 Å². The predicted octanol–water partition coefficient (Wildman–Crippen LogP) is 4.97. The number of aromatic nitrogens is 2. The van der Waals surface area contributed by atoms with Crippen LogP contribution in [0.25, 0.3) is 10.6 Å². The molecule has 0 saturated heterocycles. The maximum Gasteiger partial charge on any atom is 0.253 e. The Morgan fingerprint density at radius 2 is 1.92 bits per heavy atom. The average molecular weight is 372 g/mol. The number of hydrogen-bond acceptors (Lipinski definition) is 4. The van der Waals surface area contributed by atoms with Crippen LogP contribution >= 0.6 is 22.9 Å². The summed E-state index contributed by atoms with van der Waals surface area (Å²) in [6.07, 6.45) is 3.02. The van der Waals surface area contributed by atoms with Gasteiger partial charge in [-0.05, 0) is 26.8 Å². The van der Waals surface area contributed by atoms with E-state index in [9.17, 15) is 4.79 Å². The normalized spacial score (nSPS) is 12.0. The van der Waals surface area contributed by atoms with Crippen molar-refractivity contribution in [3.8, 4) is 10.6 Å². The Labute approximate surface area is 155 Å². The molecule has 6 heteroatoms. The summed E-state index contributed by atoms with van der Waals surface area (Å²) in [4.78, 5) is 22.0. The Morgan fingerprint density at radius 1 is 1.20 bits per heavy atom. The van der Waals surface area contributed by atoms with Gasteiger partial charge in [-0.15, -0.1) is 11.3 Å². The first-order chi connectivity index (χ1) is 12.0. The SMILES string of the molecule is Cc1ccc(-c2nc(C)c([C@@H](C)NC(=O)c3ccncc3Cl)s2)cc1. The number of nitrogens with one attached hydrogen (secondary N) is 1. The number of pyridine rings is 1. The first-order valence-electron chi connectivity index (χ1n) is 7.90. The van der Waals surface area contributed by atoms with E-state index in [0.717, 1.165) is 21.1 Å². The highest BCUT2D eigenvalue weighted by Crippen LogP contribution is 2.32. The summed E-state index contributed by atoms with van der Waals surface area (Å²) >= 11 is 7.64. The van der Waals surface area contributed by atoms with Crippen LogP contribution in [0.4, 0.5) is 0 Å². The Hall–Kier alpha value is -2.24. The highest BCUT2D eigenvalue weighted by molar-refractivity contribution is 7.15. The van der Waals surface area contributed by atoms with Crippen LogP contribution in [0, 0.1) is 13.8 Å². The van der Waals surface area contributed by atoms with Gasteiger partial charge in [-0.2, -0.15) is 0 Å². The number of hydrogen-bond donors (Lipinski definition) is 1. The van der Waals surface area contributed by atoms with Gasteiger partial charge >= 0.3 is 0 Å². The van der Waals surface area contributed by atoms with Crippen molar-refractivity contribution in [2.75, 3.05) is 0 Å². The molecule has 2 aromatic heterocycles. The molecule has 1 N–H and O–H groups in total. The van der Waals surface area contributed by atoms with Crippen molar-refractivity contribution in [2.24, 2.45) is 0 Å². The molecule has 0 spiro atoms. The lowest BCUT2D eigenvalue weighted by Gasteiger charge is -2.13. The van der Waals surface area contributed by atoms with Crippen LogP contribution in [0.5, 0.6) is 0 Å². The molecule has 128 valence electrons. The standard InChI is InChI=1S/C19H18ClN3OS/c1-11-4-6-14(7-5-11)19-23-13(3)17(25-19)12(2)22-18(24)15-8-9-21-10-16(15)20/h4-10,12H,1-3H3,(H,22,24)/t12-/m1/s1. The molecule has 0 aliphatic rings. The van der Waals surface area contributed by atoms with E-state index < -0.39 is 0 Å². The minimum absolute atomic E-state index is 0.159. The van der Waals surface area contributed by atoms with Crippen molar-refractivity contribution in [1.29, 1.82) is 0 Å². The van der Waals surface area contributed by atoms with E-state index >= 15 is 0 Å². The quantitative estimate of drug-likeness (QED) is 0.704. The van der Waals surface area contributed by atoms with E-state index in [1.165, 1.54) is 11.8 Å². The van der Waals surface area contributed by atoms with E-state index in [4.69, 9.17) is 11.6 Å². The summed E-state index contributed by atoms with van der Waals surface area (Å²) in [6.45, 7) is 5.97. The first kappa shape index (κ1) is 17.6. The van der Waals surface area contributed by atoms with Crippen LogP contribution in [-0.4, -0.2) is 15.9 Å². The van der Waals surface area contributed by atoms with Crippen LogP contribution < -0.4 is 5.32 Å². The van der Waals surface area contributed by atoms with E-state index in [2.05, 4.69) is 46.5 Å². The monoisotopic (exact) mass is 371 g/mol. The highest BCUT2D eigenvalue weighted by atomic mass is 35.5. The third-order valence-electron chi connectivity index (χ3n) is 3.89. The van der Waals surface area contributed by atoms with Crippen LogP contribution in [0.1, 0.15) is 39.5 Å². The van der Waals surface area contributed by atoms with E-state index in [0.29, 0.717) is 10.6 Å². The van der Waals surface area contributed by atoms with E-state index in [-0.39, 0.29) is 11.9 Å². The number of thiazole rings is 1. The second-order valence-electron chi connectivity index (χ2n) is 5.89. The van der Waals surface area contributed by atoms with Gasteiger partial charge in [0.1, 0.15) is 5.01 Å². The molecule has 1 atom stereocenters. The number of halogens is 1. The molecule has 25 heavy (non-hydrogen) atoms. The molecule has 4 nitrogen and oxygen atoms in total. The van der Waals surface area contributed by atoms with Crippen molar-refractivity contribution in [1.82, 2.24) is 15.3 Å². The van der Waals surface area contributed by atoms with Gasteiger partial charge < -0.3 is 5.32 Å². The molecular weight excluding hydrogens is 354 g/mol. The minimum Gasteiger partial charge on any atom is -0.345 e. The molecule has 2 heterocycles. The third kappa shape index (κ3) is 3.89. The van der Waals surface area contributed by atoms with Crippen LogP contribution in [0.3, 0.4) is 0 Å². The van der Waals surface area contributed by atoms with E-state index in [1.54, 1.807) is 23.6 Å². The number of benzene rings is 1. The summed E-state index contributed by atoms with van der Waals surface area (Å²) in [5.74, 6) is -0.218. The maximum absolute atomic E-state index is 12.4. The zero-order chi connectivity index (χ0) is 18.0. The number of aryl methyl sites for hydroxylation is 2. The van der Waals surface area contributed by atoms with Gasteiger partial charge in [-0.25, -0.2) is 4.98 Å². The molecular formula is C19H18ClN3OS. The molecule has 1 aromatic carbocycles. The molecule has 0 aliphatic carbocycles. The fourth-order valence-corrected chi connectivity index (χ4v) is 3.81. The fraction of sp³-hybridized carbons (Fsp3) is 0.211. The minimum atomic E-state index is -0.218. The van der Waals surface area contributed by atoms with Gasteiger partial charge in [-0.3, -0.25) is 9.78 Å². The maximum atomic E-state index is 12.4. The molecule has 0 unspecified atom stereocenters. The zero-order valence-electron chi connectivity index (χ0n) is 14.2. The Kier molecular flexibility index (Phi) is 5.16. The lowest BCUT2D eigenvalue weighted by molar-refractivity contribution is 0.0940. The van der Waals surface area contributed by atoms with Gasteiger partial charge in [0.25, 0.3) is 5.91 Å². The number of carbonyl (C=O) groups excluding carboxylic acids is 1. The smallest absolute Gasteiger partial charge is 0.253 e. The second kappa shape index (κ2) is 7.33. The first-order valence-corrected chi connectivity index (χ1v) is 9.10. The summed E-state index contributed by atoms with van der Waals surface area (Å²) in [6, 6.07) is 9.73. The van der Waals surface area contributed by atoms with Crippen molar-refractivity contribution in [3.05, 3.63) is 69.4 Å². The highest BCUT2D eigenvalue weighted by Gasteiger charge is 2.19. The largest absolute Gasteiger partial charge is 0.345 e. The molecule has 0 radical (unpaired) electrons. The Bertz CT molecular complexity index is 905. The Balaban J connectivity index is 1.81. The summed E-state index contributed by atoms with van der Waals surface area (Å²) in [7, 11) is 0. The Morgan fingerprint density at radius 3 is 2.60 bits per heavy atom. The topological polar surface area (TPSA) is 54.9 Å². The zero-order valence-corrected chi connectivity index (χ0v) is 15.8. The number of rotatable bonds is 4. The molecule has 3 aromatic rings. The van der Waals surface area contributed by atoms with Crippen LogP contribution in [-0.2, 0) is 0 Å². The van der Waals surface area contributed by atoms with Crippen molar-refractivity contribution < 1.29 is 4.79 Å². The number of amides is 1.